The zero-order valence-corrected chi connectivity index (χ0v) is 16.0. The van der Waals surface area contributed by atoms with Crippen LogP contribution < -0.4 is 10.4 Å². The Labute approximate surface area is 163 Å². The van der Waals surface area contributed by atoms with E-state index in [-0.39, 0.29) is 12.4 Å². The summed E-state index contributed by atoms with van der Waals surface area (Å²) in [6.45, 7) is 7.24. The van der Waals surface area contributed by atoms with E-state index in [1.165, 1.54) is 0 Å². The number of carbonyl (C=O) groups is 1. The minimum Gasteiger partial charge on any atom is -0.457 e. The molecular weight excluding hydrogens is 356 g/mol. The summed E-state index contributed by atoms with van der Waals surface area (Å²) in [5.74, 6) is -0.0546. The monoisotopic (exact) mass is 378 g/mol. The van der Waals surface area contributed by atoms with Gasteiger partial charge < -0.3 is 13.9 Å². The number of rotatable bonds is 7. The molecule has 5 nitrogen and oxygen atoms in total. The van der Waals surface area contributed by atoms with E-state index in [2.05, 4.69) is 20.4 Å². The molecule has 3 rings (SSSR count). The number of ether oxygens (including phenoxy) is 2. The van der Waals surface area contributed by atoms with Crippen LogP contribution in [0.1, 0.15) is 25.0 Å². The molecule has 0 radical (unpaired) electrons. The molecule has 0 aliphatic carbocycles. The highest BCUT2D eigenvalue weighted by Gasteiger charge is 2.15. The van der Waals surface area contributed by atoms with Crippen LogP contribution in [-0.2, 0) is 22.4 Å². The highest BCUT2D eigenvalue weighted by molar-refractivity contribution is 5.84. The van der Waals surface area contributed by atoms with E-state index in [0.29, 0.717) is 16.9 Å². The van der Waals surface area contributed by atoms with Gasteiger partial charge in [0.05, 0.1) is 5.56 Å². The summed E-state index contributed by atoms with van der Waals surface area (Å²) >= 11 is 0. The maximum absolute atomic E-state index is 12.7. The first kappa shape index (κ1) is 19.4. The van der Waals surface area contributed by atoms with Crippen LogP contribution in [-0.4, -0.2) is 12.8 Å². The van der Waals surface area contributed by atoms with Crippen molar-refractivity contribution >= 4 is 16.9 Å². The summed E-state index contributed by atoms with van der Waals surface area (Å²) in [5, 5.41) is 0.732. The summed E-state index contributed by atoms with van der Waals surface area (Å²) < 4.78 is 15.8. The molecule has 1 heterocycles. The molecule has 0 atom stereocenters. The van der Waals surface area contributed by atoms with Crippen molar-refractivity contribution < 1.29 is 18.7 Å². The molecule has 0 spiro atoms. The SMILES string of the molecule is C=CC(=O)OCOc1ccc2oc(=O)c(-c3c(CC)cccc3CC)cc2c1. The molecular formula is C23H22O5. The molecule has 0 saturated carbocycles. The fraction of sp³-hybridized carbons (Fsp3) is 0.217. The van der Waals surface area contributed by atoms with Crippen molar-refractivity contribution in [1.82, 2.24) is 0 Å². The first-order valence-electron chi connectivity index (χ1n) is 9.18. The number of esters is 1. The van der Waals surface area contributed by atoms with Crippen molar-refractivity contribution in [2.45, 2.75) is 26.7 Å². The normalized spacial score (nSPS) is 10.6. The molecule has 0 unspecified atom stereocenters. The van der Waals surface area contributed by atoms with Crippen molar-refractivity contribution in [1.29, 1.82) is 0 Å². The third kappa shape index (κ3) is 3.98. The van der Waals surface area contributed by atoms with Crippen LogP contribution in [0.25, 0.3) is 22.1 Å². The van der Waals surface area contributed by atoms with E-state index in [0.717, 1.165) is 41.0 Å². The first-order valence-corrected chi connectivity index (χ1v) is 9.18. The summed E-state index contributed by atoms with van der Waals surface area (Å²) in [7, 11) is 0. The van der Waals surface area contributed by atoms with Gasteiger partial charge in [0, 0.05) is 11.5 Å². The third-order valence-electron chi connectivity index (χ3n) is 4.57. The largest absolute Gasteiger partial charge is 0.457 e. The van der Waals surface area contributed by atoms with Gasteiger partial charge in [0.2, 0.25) is 6.79 Å². The summed E-state index contributed by atoms with van der Waals surface area (Å²) in [5.41, 5.74) is 3.80. The Kier molecular flexibility index (Phi) is 5.94. The minimum absolute atomic E-state index is 0.224. The number of aryl methyl sites for hydroxylation is 2. The molecule has 0 fully saturated rings. The Morgan fingerprint density at radius 2 is 1.82 bits per heavy atom. The molecule has 3 aromatic rings. The van der Waals surface area contributed by atoms with Gasteiger partial charge in [-0.3, -0.25) is 0 Å². The summed E-state index contributed by atoms with van der Waals surface area (Å²) in [6, 6.07) is 13.0. The average Bonchev–Trinajstić information content (AvgIpc) is 2.72. The van der Waals surface area contributed by atoms with Gasteiger partial charge in [0.15, 0.2) is 0 Å². The van der Waals surface area contributed by atoms with Gasteiger partial charge in [-0.15, -0.1) is 0 Å². The minimum atomic E-state index is -0.558. The molecule has 0 N–H and O–H groups in total. The van der Waals surface area contributed by atoms with Crippen LogP contribution in [0.15, 0.2) is 64.3 Å². The lowest BCUT2D eigenvalue weighted by Gasteiger charge is -2.13. The Balaban J connectivity index is 2.03. The fourth-order valence-corrected chi connectivity index (χ4v) is 3.17. The standard InChI is InChI=1S/C23H22O5/c1-4-15-8-7-9-16(5-2)22(15)19-13-17-12-18(26-14-27-21(24)6-3)10-11-20(17)28-23(19)25/h6-13H,3-5,14H2,1-2H3. The highest BCUT2D eigenvalue weighted by Crippen LogP contribution is 2.30. The van der Waals surface area contributed by atoms with Crippen LogP contribution in [0, 0.1) is 0 Å². The van der Waals surface area contributed by atoms with Crippen molar-refractivity contribution in [2.75, 3.05) is 6.79 Å². The molecule has 5 heteroatoms. The van der Waals surface area contributed by atoms with Gasteiger partial charge in [0.25, 0.3) is 0 Å². The Bertz CT molecular complexity index is 1060. The molecule has 144 valence electrons. The van der Waals surface area contributed by atoms with Gasteiger partial charge >= 0.3 is 11.6 Å². The number of carbonyl (C=O) groups excluding carboxylic acids is 1. The van der Waals surface area contributed by atoms with Crippen molar-refractivity contribution in [2.24, 2.45) is 0 Å². The van der Waals surface area contributed by atoms with Crippen molar-refractivity contribution in [3.63, 3.8) is 0 Å². The molecule has 1 aromatic heterocycles. The lowest BCUT2D eigenvalue weighted by Crippen LogP contribution is -2.08. The molecule has 2 aromatic carbocycles. The number of hydrogen-bond acceptors (Lipinski definition) is 5. The van der Waals surface area contributed by atoms with E-state index in [1.807, 2.05) is 24.3 Å². The Morgan fingerprint density at radius 3 is 2.46 bits per heavy atom. The van der Waals surface area contributed by atoms with E-state index < -0.39 is 5.97 Å². The van der Waals surface area contributed by atoms with Gasteiger partial charge in [-0.05, 0) is 53.8 Å². The zero-order valence-electron chi connectivity index (χ0n) is 16.0. The van der Waals surface area contributed by atoms with Gasteiger partial charge in [-0.25, -0.2) is 9.59 Å². The lowest BCUT2D eigenvalue weighted by molar-refractivity contribution is -0.144. The highest BCUT2D eigenvalue weighted by atomic mass is 16.7. The van der Waals surface area contributed by atoms with Crippen LogP contribution in [0.4, 0.5) is 0 Å². The van der Waals surface area contributed by atoms with Gasteiger partial charge in [-0.2, -0.15) is 0 Å². The molecule has 0 aliphatic rings. The topological polar surface area (TPSA) is 65.7 Å². The molecule has 0 amide bonds. The third-order valence-corrected chi connectivity index (χ3v) is 4.57. The number of fused-ring (bicyclic) bond motifs is 1. The van der Waals surface area contributed by atoms with E-state index in [4.69, 9.17) is 13.9 Å². The van der Waals surface area contributed by atoms with Crippen LogP contribution in [0.2, 0.25) is 0 Å². The molecule has 0 bridgehead atoms. The van der Waals surface area contributed by atoms with E-state index in [9.17, 15) is 9.59 Å². The quantitative estimate of drug-likeness (QED) is 0.259. The summed E-state index contributed by atoms with van der Waals surface area (Å²) in [4.78, 5) is 23.8. The molecule has 0 saturated heterocycles. The van der Waals surface area contributed by atoms with Crippen molar-refractivity contribution in [3.05, 3.63) is 76.7 Å². The van der Waals surface area contributed by atoms with E-state index >= 15 is 0 Å². The average molecular weight is 378 g/mol. The molecule has 0 aliphatic heterocycles. The Hall–Kier alpha value is -3.34. The molecule has 28 heavy (non-hydrogen) atoms. The summed E-state index contributed by atoms with van der Waals surface area (Å²) in [6.07, 6.45) is 2.71. The van der Waals surface area contributed by atoms with Gasteiger partial charge in [-0.1, -0.05) is 38.6 Å². The maximum Gasteiger partial charge on any atom is 0.344 e. The first-order chi connectivity index (χ1) is 13.6. The van der Waals surface area contributed by atoms with Crippen LogP contribution in [0.3, 0.4) is 0 Å². The van der Waals surface area contributed by atoms with Crippen molar-refractivity contribution in [3.8, 4) is 16.9 Å². The van der Waals surface area contributed by atoms with Gasteiger partial charge in [0.1, 0.15) is 11.3 Å². The number of benzene rings is 2. The number of hydrogen-bond donors (Lipinski definition) is 0. The maximum atomic E-state index is 12.7. The second kappa shape index (κ2) is 8.57. The smallest absolute Gasteiger partial charge is 0.344 e. The predicted molar refractivity (Wildman–Crippen MR) is 108 cm³/mol. The van der Waals surface area contributed by atoms with E-state index in [1.54, 1.807) is 18.2 Å². The fourth-order valence-electron chi connectivity index (χ4n) is 3.17. The second-order valence-corrected chi connectivity index (χ2v) is 6.24. The second-order valence-electron chi connectivity index (χ2n) is 6.24. The predicted octanol–water partition coefficient (Wildman–Crippen LogP) is 4.65. The zero-order chi connectivity index (χ0) is 20.1. The Morgan fingerprint density at radius 1 is 1.11 bits per heavy atom. The van der Waals surface area contributed by atoms with Crippen LogP contribution in [0.5, 0.6) is 5.75 Å². The van der Waals surface area contributed by atoms with Crippen LogP contribution >= 0.6 is 0 Å². The lowest BCUT2D eigenvalue weighted by atomic mass is 9.92.